The van der Waals surface area contributed by atoms with Crippen molar-refractivity contribution in [2.75, 3.05) is 0 Å². The van der Waals surface area contributed by atoms with Crippen LogP contribution in [-0.2, 0) is 13.0 Å². The first kappa shape index (κ1) is 13.4. The van der Waals surface area contributed by atoms with Crippen molar-refractivity contribution in [2.45, 2.75) is 26.8 Å². The predicted octanol–water partition coefficient (Wildman–Crippen LogP) is 2.92. The third-order valence-corrected chi connectivity index (χ3v) is 2.85. The molecule has 0 spiro atoms. The van der Waals surface area contributed by atoms with Crippen LogP contribution in [0, 0.1) is 18.6 Å². The van der Waals surface area contributed by atoms with Crippen molar-refractivity contribution in [3.05, 3.63) is 52.9 Å². The summed E-state index contributed by atoms with van der Waals surface area (Å²) in [6.45, 7) is 4.24. The summed E-state index contributed by atoms with van der Waals surface area (Å²) in [6, 6.07) is 4.90. The summed E-state index contributed by atoms with van der Waals surface area (Å²) >= 11 is 0. The largest absolute Gasteiger partial charge is 0.292 e. The molecule has 5 heteroatoms. The van der Waals surface area contributed by atoms with E-state index in [0.717, 1.165) is 17.8 Å². The predicted molar refractivity (Wildman–Crippen MR) is 67.0 cm³/mol. The van der Waals surface area contributed by atoms with Crippen LogP contribution in [0.15, 0.2) is 24.3 Å². The maximum Gasteiger partial charge on any atom is 0.185 e. The molecule has 1 heterocycles. The smallest absolute Gasteiger partial charge is 0.185 e. The van der Waals surface area contributed by atoms with Crippen molar-refractivity contribution in [2.24, 2.45) is 0 Å². The molecule has 0 bridgehead atoms. The first-order valence-electron chi connectivity index (χ1n) is 6.03. The Hall–Kier alpha value is -2.04. The van der Waals surface area contributed by atoms with Gasteiger partial charge in [-0.1, -0.05) is 6.07 Å². The van der Waals surface area contributed by atoms with Crippen LogP contribution in [0.25, 0.3) is 0 Å². The number of aromatic nitrogens is 2. The van der Waals surface area contributed by atoms with Gasteiger partial charge in [0.15, 0.2) is 5.78 Å². The molecule has 1 aromatic carbocycles. The third-order valence-electron chi connectivity index (χ3n) is 2.85. The summed E-state index contributed by atoms with van der Waals surface area (Å²) < 4.78 is 27.9. The Bertz CT molecular complexity index is 620. The number of Topliss-reactive ketones (excluding diaryl/α,β-unsaturated/α-hetero) is 1. The first-order valence-corrected chi connectivity index (χ1v) is 6.03. The van der Waals surface area contributed by atoms with Gasteiger partial charge >= 0.3 is 0 Å². The molecule has 0 saturated heterocycles. The van der Waals surface area contributed by atoms with Crippen LogP contribution >= 0.6 is 0 Å². The Morgan fingerprint density at radius 2 is 2.05 bits per heavy atom. The lowest BCUT2D eigenvalue weighted by Gasteiger charge is -2.05. The van der Waals surface area contributed by atoms with Gasteiger partial charge in [-0.25, -0.2) is 8.78 Å². The molecular formula is C14H14F2N2O. The highest BCUT2D eigenvalue weighted by Crippen LogP contribution is 2.14. The van der Waals surface area contributed by atoms with Crippen LogP contribution in [0.1, 0.15) is 28.7 Å². The standard InChI is InChI=1S/C14H14F2N2O/c1-3-18-13(6-9(2)17-18)14(19)7-10-4-5-11(15)8-12(10)16/h4-6,8H,3,7H2,1-2H3. The molecule has 2 aromatic rings. The van der Waals surface area contributed by atoms with E-state index in [0.29, 0.717) is 12.2 Å². The van der Waals surface area contributed by atoms with Crippen LogP contribution in [0.2, 0.25) is 0 Å². The molecule has 0 unspecified atom stereocenters. The number of halogens is 2. The molecular weight excluding hydrogens is 250 g/mol. The highest BCUT2D eigenvalue weighted by Gasteiger charge is 2.15. The maximum absolute atomic E-state index is 13.5. The molecule has 2 rings (SSSR count). The van der Waals surface area contributed by atoms with Crippen molar-refractivity contribution in [1.82, 2.24) is 9.78 Å². The average molecular weight is 264 g/mol. The molecule has 0 aliphatic rings. The summed E-state index contributed by atoms with van der Waals surface area (Å²) in [5, 5.41) is 4.17. The third kappa shape index (κ3) is 2.86. The van der Waals surface area contributed by atoms with E-state index in [-0.39, 0.29) is 17.8 Å². The van der Waals surface area contributed by atoms with Crippen LogP contribution in [0.3, 0.4) is 0 Å². The molecule has 1 aromatic heterocycles. The molecule has 0 aliphatic heterocycles. The number of rotatable bonds is 4. The number of carbonyl (C=O) groups is 1. The molecule has 100 valence electrons. The van der Waals surface area contributed by atoms with Gasteiger partial charge in [0, 0.05) is 19.0 Å². The molecule has 0 atom stereocenters. The molecule has 0 aliphatic carbocycles. The average Bonchev–Trinajstić information content (AvgIpc) is 2.74. The van der Waals surface area contributed by atoms with Crippen molar-refractivity contribution in [3.63, 3.8) is 0 Å². The van der Waals surface area contributed by atoms with E-state index in [9.17, 15) is 13.6 Å². The Labute approximate surface area is 109 Å². The zero-order valence-electron chi connectivity index (χ0n) is 10.8. The van der Waals surface area contributed by atoms with Gasteiger partial charge in [-0.15, -0.1) is 0 Å². The van der Waals surface area contributed by atoms with Gasteiger partial charge in [-0.2, -0.15) is 5.10 Å². The molecule has 0 amide bonds. The number of hydrogen-bond donors (Lipinski definition) is 0. The van der Waals surface area contributed by atoms with E-state index in [4.69, 9.17) is 0 Å². The van der Waals surface area contributed by atoms with E-state index in [2.05, 4.69) is 5.10 Å². The number of aryl methyl sites for hydroxylation is 2. The lowest BCUT2D eigenvalue weighted by molar-refractivity contribution is 0.0981. The molecule has 0 fully saturated rings. The molecule has 19 heavy (non-hydrogen) atoms. The Balaban J connectivity index is 2.25. The highest BCUT2D eigenvalue weighted by atomic mass is 19.1. The van der Waals surface area contributed by atoms with Crippen molar-refractivity contribution in [3.8, 4) is 0 Å². The molecule has 0 N–H and O–H groups in total. The van der Waals surface area contributed by atoms with Crippen molar-refractivity contribution < 1.29 is 13.6 Å². The minimum atomic E-state index is -0.701. The molecule has 3 nitrogen and oxygen atoms in total. The fourth-order valence-electron chi connectivity index (χ4n) is 1.94. The molecule has 0 radical (unpaired) electrons. The SMILES string of the molecule is CCn1nc(C)cc1C(=O)Cc1ccc(F)cc1F. The minimum absolute atomic E-state index is 0.1000. The van der Waals surface area contributed by atoms with Gasteiger partial charge in [0.05, 0.1) is 5.69 Å². The van der Waals surface area contributed by atoms with Crippen molar-refractivity contribution >= 4 is 5.78 Å². The maximum atomic E-state index is 13.5. The molecule has 0 saturated carbocycles. The lowest BCUT2D eigenvalue weighted by atomic mass is 10.1. The second-order valence-electron chi connectivity index (χ2n) is 4.32. The number of benzene rings is 1. The summed E-state index contributed by atoms with van der Waals surface area (Å²) in [7, 11) is 0. The summed E-state index contributed by atoms with van der Waals surface area (Å²) in [5.41, 5.74) is 1.38. The van der Waals surface area contributed by atoms with E-state index in [1.807, 2.05) is 6.92 Å². The normalized spacial score (nSPS) is 10.7. The fraction of sp³-hybridized carbons (Fsp3) is 0.286. The number of hydrogen-bond acceptors (Lipinski definition) is 2. The van der Waals surface area contributed by atoms with E-state index in [1.165, 1.54) is 6.07 Å². The van der Waals surface area contributed by atoms with Gasteiger partial charge in [0.1, 0.15) is 17.3 Å². The second kappa shape index (κ2) is 5.30. The van der Waals surface area contributed by atoms with Gasteiger partial charge in [0.25, 0.3) is 0 Å². The monoisotopic (exact) mass is 264 g/mol. The quantitative estimate of drug-likeness (QED) is 0.796. The fourth-order valence-corrected chi connectivity index (χ4v) is 1.94. The highest BCUT2D eigenvalue weighted by molar-refractivity contribution is 5.96. The number of carbonyl (C=O) groups excluding carboxylic acids is 1. The zero-order valence-corrected chi connectivity index (χ0v) is 10.8. The topological polar surface area (TPSA) is 34.9 Å². The van der Waals surface area contributed by atoms with Crippen LogP contribution in [0.4, 0.5) is 8.78 Å². The second-order valence-corrected chi connectivity index (χ2v) is 4.32. The van der Waals surface area contributed by atoms with Crippen LogP contribution in [-0.4, -0.2) is 15.6 Å². The Kier molecular flexibility index (Phi) is 3.74. The first-order chi connectivity index (χ1) is 9.01. The Morgan fingerprint density at radius 3 is 2.68 bits per heavy atom. The van der Waals surface area contributed by atoms with E-state index >= 15 is 0 Å². The van der Waals surface area contributed by atoms with E-state index in [1.54, 1.807) is 17.7 Å². The van der Waals surface area contributed by atoms with Crippen LogP contribution in [0.5, 0.6) is 0 Å². The Morgan fingerprint density at radius 1 is 1.32 bits per heavy atom. The van der Waals surface area contributed by atoms with E-state index < -0.39 is 11.6 Å². The van der Waals surface area contributed by atoms with Gasteiger partial charge in [-0.05, 0) is 31.5 Å². The van der Waals surface area contributed by atoms with Gasteiger partial charge in [0.2, 0.25) is 0 Å². The van der Waals surface area contributed by atoms with Gasteiger partial charge < -0.3 is 0 Å². The lowest BCUT2D eigenvalue weighted by Crippen LogP contribution is -2.12. The summed E-state index contributed by atoms with van der Waals surface area (Å²) in [4.78, 5) is 12.1. The summed E-state index contributed by atoms with van der Waals surface area (Å²) in [5.74, 6) is -1.58. The summed E-state index contributed by atoms with van der Waals surface area (Å²) in [6.07, 6.45) is -0.1000. The zero-order chi connectivity index (χ0) is 14.0. The van der Waals surface area contributed by atoms with Crippen LogP contribution < -0.4 is 0 Å². The minimum Gasteiger partial charge on any atom is -0.292 e. The number of nitrogens with zero attached hydrogens (tertiary/aromatic N) is 2. The number of ketones is 1. The van der Waals surface area contributed by atoms with Gasteiger partial charge in [-0.3, -0.25) is 9.48 Å². The van der Waals surface area contributed by atoms with Crippen molar-refractivity contribution in [1.29, 1.82) is 0 Å².